The van der Waals surface area contributed by atoms with E-state index in [4.69, 9.17) is 5.21 Å². The molecule has 4 N–H and O–H groups in total. The number of hydroxylamine groups is 1. The van der Waals surface area contributed by atoms with E-state index in [1.165, 1.54) is 29.3 Å². The molecule has 0 aliphatic carbocycles. The number of rotatable bonds is 11. The standard InChI is InChI=1S/C25H35F2N5O6/c1-5-14(2)21(31(4)25(37)20-7-6-10-32(20)15(3)33)24(36)29-19(23(35)30-38)8-9-28-22(34)16-11-17(26)13-18(27)12-16/h11-14,19-21,38H,5-10H2,1-4H3,(H,28,34)(H,29,36)(H,30,35)/t14?,19?,20-,21?/m0/s1. The Balaban J connectivity index is 2.12. The molecule has 2 rings (SSSR count). The Hall–Kier alpha value is -3.61. The summed E-state index contributed by atoms with van der Waals surface area (Å²) in [5.41, 5.74) is 1.20. The maximum Gasteiger partial charge on any atom is 0.265 e. The van der Waals surface area contributed by atoms with Crippen LogP contribution in [0, 0.1) is 17.6 Å². The SMILES string of the molecule is CCC(C)C(C(=O)NC(CCNC(=O)c1cc(F)cc(F)c1)C(=O)NO)N(C)C(=O)[C@@H]1CCCN1C(C)=O. The Kier molecular flexibility index (Phi) is 11.1. The molecule has 0 saturated carbocycles. The zero-order valence-corrected chi connectivity index (χ0v) is 21.9. The molecule has 38 heavy (non-hydrogen) atoms. The zero-order valence-electron chi connectivity index (χ0n) is 21.9. The minimum absolute atomic E-state index is 0.173. The highest BCUT2D eigenvalue weighted by Gasteiger charge is 2.40. The Morgan fingerprint density at radius 3 is 2.32 bits per heavy atom. The van der Waals surface area contributed by atoms with Crippen LogP contribution in [0.15, 0.2) is 18.2 Å². The van der Waals surface area contributed by atoms with Crippen LogP contribution in [0.5, 0.6) is 0 Å². The number of carbonyl (C=O) groups excluding carboxylic acids is 5. The Labute approximate surface area is 219 Å². The predicted octanol–water partition coefficient (Wildman–Crippen LogP) is 0.959. The highest BCUT2D eigenvalue weighted by molar-refractivity contribution is 5.95. The number of amides is 5. The normalized spacial score (nSPS) is 17.2. The first-order chi connectivity index (χ1) is 17.9. The van der Waals surface area contributed by atoms with E-state index in [-0.39, 0.29) is 30.4 Å². The molecule has 11 nitrogen and oxygen atoms in total. The van der Waals surface area contributed by atoms with E-state index < -0.39 is 53.4 Å². The van der Waals surface area contributed by atoms with Crippen molar-refractivity contribution in [3.05, 3.63) is 35.4 Å². The summed E-state index contributed by atoms with van der Waals surface area (Å²) in [6, 6.07) is -0.656. The summed E-state index contributed by atoms with van der Waals surface area (Å²) >= 11 is 0. The van der Waals surface area contributed by atoms with Crippen LogP contribution in [-0.4, -0.2) is 82.8 Å². The van der Waals surface area contributed by atoms with Gasteiger partial charge >= 0.3 is 0 Å². The van der Waals surface area contributed by atoms with Gasteiger partial charge in [-0.1, -0.05) is 20.3 Å². The van der Waals surface area contributed by atoms with Gasteiger partial charge in [0.25, 0.3) is 11.8 Å². The fourth-order valence-electron chi connectivity index (χ4n) is 4.53. The van der Waals surface area contributed by atoms with Crippen LogP contribution in [0.4, 0.5) is 8.78 Å². The second kappa shape index (κ2) is 13.8. The fourth-order valence-corrected chi connectivity index (χ4v) is 4.53. The van der Waals surface area contributed by atoms with Crippen LogP contribution in [0.25, 0.3) is 0 Å². The smallest absolute Gasteiger partial charge is 0.265 e. The molecule has 1 saturated heterocycles. The topological polar surface area (TPSA) is 148 Å². The van der Waals surface area contributed by atoms with E-state index in [1.807, 2.05) is 6.92 Å². The molecule has 1 aromatic rings. The summed E-state index contributed by atoms with van der Waals surface area (Å²) in [6.45, 7) is 5.25. The third-order valence-electron chi connectivity index (χ3n) is 6.75. The van der Waals surface area contributed by atoms with E-state index in [0.717, 1.165) is 12.1 Å². The number of likely N-dealkylation sites (tertiary alicyclic amines) is 1. The van der Waals surface area contributed by atoms with Crippen molar-refractivity contribution >= 4 is 29.5 Å². The maximum absolute atomic E-state index is 13.4. The lowest BCUT2D eigenvalue weighted by Crippen LogP contribution is -2.58. The molecule has 1 aromatic carbocycles. The lowest BCUT2D eigenvalue weighted by molar-refractivity contribution is -0.148. The Bertz CT molecular complexity index is 1030. The van der Waals surface area contributed by atoms with E-state index in [1.54, 1.807) is 6.92 Å². The molecule has 5 amide bonds. The molecule has 1 aliphatic rings. The summed E-state index contributed by atoms with van der Waals surface area (Å²) in [5, 5.41) is 14.1. The summed E-state index contributed by atoms with van der Waals surface area (Å²) in [4.78, 5) is 65.8. The van der Waals surface area contributed by atoms with Crippen LogP contribution < -0.4 is 16.1 Å². The number of carbonyl (C=O) groups is 5. The first-order valence-electron chi connectivity index (χ1n) is 12.4. The number of nitrogens with one attached hydrogen (secondary N) is 3. The van der Waals surface area contributed by atoms with Gasteiger partial charge in [0, 0.05) is 38.7 Å². The molecule has 13 heteroatoms. The van der Waals surface area contributed by atoms with Crippen LogP contribution in [0.2, 0.25) is 0 Å². The first kappa shape index (κ1) is 30.6. The Morgan fingerprint density at radius 1 is 1.13 bits per heavy atom. The number of hydrogen-bond donors (Lipinski definition) is 4. The highest BCUT2D eigenvalue weighted by atomic mass is 19.1. The van der Waals surface area contributed by atoms with E-state index in [9.17, 15) is 32.8 Å². The third kappa shape index (κ3) is 7.70. The second-order valence-electron chi connectivity index (χ2n) is 9.39. The van der Waals surface area contributed by atoms with Crippen LogP contribution in [0.1, 0.15) is 56.8 Å². The van der Waals surface area contributed by atoms with Crippen molar-refractivity contribution < 1.29 is 38.0 Å². The van der Waals surface area contributed by atoms with Crippen molar-refractivity contribution in [2.75, 3.05) is 20.1 Å². The maximum atomic E-state index is 13.4. The van der Waals surface area contributed by atoms with Crippen molar-refractivity contribution in [2.24, 2.45) is 5.92 Å². The average Bonchev–Trinajstić information content (AvgIpc) is 3.36. The summed E-state index contributed by atoms with van der Waals surface area (Å²) < 4.78 is 26.8. The number of likely N-dealkylation sites (N-methyl/N-ethyl adjacent to an activating group) is 1. The molecule has 4 atom stereocenters. The molecular weight excluding hydrogens is 504 g/mol. The largest absolute Gasteiger partial charge is 0.352 e. The van der Waals surface area contributed by atoms with Crippen molar-refractivity contribution in [1.29, 1.82) is 0 Å². The molecule has 1 aliphatic heterocycles. The summed E-state index contributed by atoms with van der Waals surface area (Å²) in [7, 11) is 1.47. The molecule has 0 bridgehead atoms. The van der Waals surface area contributed by atoms with Crippen molar-refractivity contribution in [1.82, 2.24) is 25.9 Å². The van der Waals surface area contributed by atoms with Gasteiger partial charge < -0.3 is 20.4 Å². The first-order valence-corrected chi connectivity index (χ1v) is 12.4. The van der Waals surface area contributed by atoms with Crippen LogP contribution in [-0.2, 0) is 19.2 Å². The number of hydrogen-bond acceptors (Lipinski definition) is 6. The minimum Gasteiger partial charge on any atom is -0.352 e. The van der Waals surface area contributed by atoms with Gasteiger partial charge in [-0.2, -0.15) is 0 Å². The van der Waals surface area contributed by atoms with Crippen LogP contribution >= 0.6 is 0 Å². The second-order valence-corrected chi connectivity index (χ2v) is 9.39. The van der Waals surface area contributed by atoms with Gasteiger partial charge in [0.05, 0.1) is 0 Å². The fraction of sp³-hybridized carbons (Fsp3) is 0.560. The molecule has 0 radical (unpaired) electrons. The molecule has 0 spiro atoms. The predicted molar refractivity (Wildman–Crippen MR) is 132 cm³/mol. The summed E-state index contributed by atoms with van der Waals surface area (Å²) in [6.07, 6.45) is 1.49. The van der Waals surface area contributed by atoms with Gasteiger partial charge in [-0.05, 0) is 37.3 Å². The lowest BCUT2D eigenvalue weighted by atomic mass is 9.95. The van der Waals surface area contributed by atoms with Crippen molar-refractivity contribution in [3.8, 4) is 0 Å². The number of halogens is 2. The lowest BCUT2D eigenvalue weighted by Gasteiger charge is -2.35. The highest BCUT2D eigenvalue weighted by Crippen LogP contribution is 2.22. The molecule has 1 heterocycles. The summed E-state index contributed by atoms with van der Waals surface area (Å²) in [5.74, 6) is -5.23. The minimum atomic E-state index is -1.30. The molecule has 3 unspecified atom stereocenters. The van der Waals surface area contributed by atoms with E-state index >= 15 is 0 Å². The van der Waals surface area contributed by atoms with Gasteiger partial charge in [0.2, 0.25) is 17.7 Å². The Morgan fingerprint density at radius 2 is 1.76 bits per heavy atom. The molecule has 210 valence electrons. The van der Waals surface area contributed by atoms with Crippen LogP contribution in [0.3, 0.4) is 0 Å². The van der Waals surface area contributed by atoms with Gasteiger partial charge in [-0.3, -0.25) is 29.2 Å². The number of nitrogens with zero attached hydrogens (tertiary/aromatic N) is 2. The van der Waals surface area contributed by atoms with Gasteiger partial charge in [-0.15, -0.1) is 0 Å². The zero-order chi connectivity index (χ0) is 28.6. The monoisotopic (exact) mass is 539 g/mol. The van der Waals surface area contributed by atoms with Gasteiger partial charge in [0.15, 0.2) is 0 Å². The van der Waals surface area contributed by atoms with Gasteiger partial charge in [0.1, 0.15) is 29.8 Å². The molecule has 0 aromatic heterocycles. The van der Waals surface area contributed by atoms with E-state index in [0.29, 0.717) is 31.9 Å². The number of benzene rings is 1. The van der Waals surface area contributed by atoms with Crippen molar-refractivity contribution in [2.45, 2.75) is 64.6 Å². The van der Waals surface area contributed by atoms with E-state index in [2.05, 4.69) is 10.6 Å². The van der Waals surface area contributed by atoms with Crippen molar-refractivity contribution in [3.63, 3.8) is 0 Å². The molecular formula is C25H35F2N5O6. The third-order valence-corrected chi connectivity index (χ3v) is 6.75. The van der Waals surface area contributed by atoms with Gasteiger partial charge in [-0.25, -0.2) is 14.3 Å². The molecule has 1 fully saturated rings. The average molecular weight is 540 g/mol. The quantitative estimate of drug-likeness (QED) is 0.243.